The highest BCUT2D eigenvalue weighted by atomic mass is 16.6. The highest BCUT2D eigenvalue weighted by molar-refractivity contribution is 5.70. The van der Waals surface area contributed by atoms with Crippen LogP contribution in [0.1, 0.15) is 17.1 Å². The summed E-state index contributed by atoms with van der Waals surface area (Å²) in [6.07, 6.45) is 0. The van der Waals surface area contributed by atoms with Gasteiger partial charge in [-0.15, -0.1) is 0 Å². The van der Waals surface area contributed by atoms with Gasteiger partial charge < -0.3 is 20.2 Å². The number of aromatic amines is 1. The van der Waals surface area contributed by atoms with Crippen molar-refractivity contribution in [3.63, 3.8) is 0 Å². The minimum absolute atomic E-state index is 0.435. The summed E-state index contributed by atoms with van der Waals surface area (Å²) in [5.74, 6) is 2.44. The van der Waals surface area contributed by atoms with Gasteiger partial charge in [-0.1, -0.05) is 0 Å². The molecule has 0 unspecified atom stereocenters. The number of hydrogen-bond acceptors (Lipinski definition) is 4. The van der Waals surface area contributed by atoms with Crippen LogP contribution in [0, 0.1) is 13.8 Å². The number of aryl methyl sites for hydroxylation is 2. The molecular weight excluding hydrogens is 242 g/mol. The van der Waals surface area contributed by atoms with E-state index in [2.05, 4.69) is 9.97 Å². The van der Waals surface area contributed by atoms with Crippen molar-refractivity contribution >= 4 is 0 Å². The number of rotatable bonds is 2. The summed E-state index contributed by atoms with van der Waals surface area (Å²) in [4.78, 5) is 7.72. The van der Waals surface area contributed by atoms with Crippen LogP contribution in [0.15, 0.2) is 12.1 Å². The second kappa shape index (κ2) is 4.59. The van der Waals surface area contributed by atoms with E-state index in [0.717, 1.165) is 39.8 Å². The number of hydrogen-bond donors (Lipinski definition) is 2. The van der Waals surface area contributed by atoms with Gasteiger partial charge in [0.15, 0.2) is 11.5 Å². The van der Waals surface area contributed by atoms with Crippen LogP contribution in [0.3, 0.4) is 0 Å². The summed E-state index contributed by atoms with van der Waals surface area (Å²) in [7, 11) is 0. The molecule has 0 amide bonds. The molecule has 0 spiro atoms. The van der Waals surface area contributed by atoms with E-state index in [1.54, 1.807) is 0 Å². The lowest BCUT2D eigenvalue weighted by molar-refractivity contribution is 0.171. The fourth-order valence-corrected chi connectivity index (χ4v) is 2.36. The molecule has 100 valence electrons. The van der Waals surface area contributed by atoms with Crippen molar-refractivity contribution in [3.8, 4) is 22.8 Å². The Bertz CT molecular complexity index is 619. The molecule has 5 nitrogen and oxygen atoms in total. The summed E-state index contributed by atoms with van der Waals surface area (Å²) >= 11 is 0. The summed E-state index contributed by atoms with van der Waals surface area (Å²) in [6, 6.07) is 3.98. The minimum Gasteiger partial charge on any atom is -0.486 e. The largest absolute Gasteiger partial charge is 0.486 e. The van der Waals surface area contributed by atoms with Crippen LogP contribution in [-0.2, 0) is 6.54 Å². The normalized spacial score (nSPS) is 13.6. The first kappa shape index (κ1) is 12.0. The lowest BCUT2D eigenvalue weighted by Crippen LogP contribution is -2.15. The summed E-state index contributed by atoms with van der Waals surface area (Å²) < 4.78 is 11.2. The van der Waals surface area contributed by atoms with Gasteiger partial charge >= 0.3 is 0 Å². The van der Waals surface area contributed by atoms with Gasteiger partial charge in [0.05, 0.1) is 11.4 Å². The molecule has 3 N–H and O–H groups in total. The average molecular weight is 259 g/mol. The Balaban J connectivity index is 2.14. The highest BCUT2D eigenvalue weighted by Gasteiger charge is 2.18. The van der Waals surface area contributed by atoms with E-state index in [-0.39, 0.29) is 0 Å². The van der Waals surface area contributed by atoms with Crippen molar-refractivity contribution in [2.24, 2.45) is 5.73 Å². The molecule has 0 aliphatic carbocycles. The number of benzene rings is 1. The van der Waals surface area contributed by atoms with E-state index in [1.807, 2.05) is 26.0 Å². The minimum atomic E-state index is 0.435. The van der Waals surface area contributed by atoms with Crippen LogP contribution in [0.4, 0.5) is 0 Å². The van der Waals surface area contributed by atoms with E-state index in [0.29, 0.717) is 19.8 Å². The first-order chi connectivity index (χ1) is 9.19. The van der Waals surface area contributed by atoms with Crippen molar-refractivity contribution in [1.29, 1.82) is 0 Å². The second-order valence-corrected chi connectivity index (χ2v) is 4.66. The molecular formula is C14H17N3O2. The molecule has 2 aromatic rings. The van der Waals surface area contributed by atoms with Crippen molar-refractivity contribution in [2.45, 2.75) is 20.4 Å². The third-order valence-corrected chi connectivity index (χ3v) is 3.25. The maximum Gasteiger partial charge on any atom is 0.162 e. The molecule has 0 radical (unpaired) electrons. The maximum atomic E-state index is 5.76. The SMILES string of the molecule is Cc1nc(-c2cc3c(cc2C)OCCO3)c(CN)[nH]1. The number of fused-ring (bicyclic) bond motifs is 1. The summed E-state index contributed by atoms with van der Waals surface area (Å²) in [6.45, 7) is 5.58. The Morgan fingerprint density at radius 1 is 1.21 bits per heavy atom. The number of nitrogens with one attached hydrogen (secondary N) is 1. The van der Waals surface area contributed by atoms with Crippen LogP contribution >= 0.6 is 0 Å². The summed E-state index contributed by atoms with van der Waals surface area (Å²) in [5, 5.41) is 0. The Kier molecular flexibility index (Phi) is 2.91. The standard InChI is InChI=1S/C14H17N3O2/c1-8-5-12-13(19-4-3-18-12)6-10(8)14-11(7-15)16-9(2)17-14/h5-6H,3-4,7,15H2,1-2H3,(H,16,17). The molecule has 3 rings (SSSR count). The monoisotopic (exact) mass is 259 g/mol. The number of nitrogens with two attached hydrogens (primary N) is 1. The fraction of sp³-hybridized carbons (Fsp3) is 0.357. The van der Waals surface area contributed by atoms with Crippen molar-refractivity contribution < 1.29 is 9.47 Å². The van der Waals surface area contributed by atoms with Crippen LogP contribution in [0.5, 0.6) is 11.5 Å². The molecule has 0 fully saturated rings. The number of H-pyrrole nitrogens is 1. The van der Waals surface area contributed by atoms with Gasteiger partial charge in [0.25, 0.3) is 0 Å². The third kappa shape index (κ3) is 2.06. The van der Waals surface area contributed by atoms with E-state index >= 15 is 0 Å². The van der Waals surface area contributed by atoms with Gasteiger partial charge in [-0.3, -0.25) is 0 Å². The van der Waals surface area contributed by atoms with E-state index in [1.165, 1.54) is 0 Å². The van der Waals surface area contributed by atoms with E-state index in [9.17, 15) is 0 Å². The van der Waals surface area contributed by atoms with Crippen LogP contribution in [0.25, 0.3) is 11.3 Å². The zero-order chi connectivity index (χ0) is 13.4. The number of ether oxygens (including phenoxy) is 2. The molecule has 1 aliphatic heterocycles. The van der Waals surface area contributed by atoms with Gasteiger partial charge in [-0.2, -0.15) is 0 Å². The highest BCUT2D eigenvalue weighted by Crippen LogP contribution is 2.37. The Labute approximate surface area is 111 Å². The van der Waals surface area contributed by atoms with E-state index < -0.39 is 0 Å². The molecule has 1 aromatic carbocycles. The number of nitrogens with zero attached hydrogens (tertiary/aromatic N) is 1. The maximum absolute atomic E-state index is 5.76. The van der Waals surface area contributed by atoms with Crippen molar-refractivity contribution in [1.82, 2.24) is 9.97 Å². The second-order valence-electron chi connectivity index (χ2n) is 4.66. The Morgan fingerprint density at radius 3 is 2.58 bits per heavy atom. The molecule has 5 heteroatoms. The molecule has 1 aliphatic rings. The predicted octanol–water partition coefficient (Wildman–Crippen LogP) is 1.92. The lowest BCUT2D eigenvalue weighted by Gasteiger charge is -2.20. The molecule has 0 bridgehead atoms. The Hall–Kier alpha value is -2.01. The van der Waals surface area contributed by atoms with E-state index in [4.69, 9.17) is 15.2 Å². The van der Waals surface area contributed by atoms with Crippen LogP contribution < -0.4 is 15.2 Å². The lowest BCUT2D eigenvalue weighted by atomic mass is 10.0. The molecule has 2 heterocycles. The zero-order valence-corrected chi connectivity index (χ0v) is 11.1. The molecule has 19 heavy (non-hydrogen) atoms. The van der Waals surface area contributed by atoms with Crippen LogP contribution in [0.2, 0.25) is 0 Å². The quantitative estimate of drug-likeness (QED) is 0.864. The van der Waals surface area contributed by atoms with Gasteiger partial charge in [0.2, 0.25) is 0 Å². The molecule has 1 aromatic heterocycles. The van der Waals surface area contributed by atoms with Gasteiger partial charge in [-0.05, 0) is 31.5 Å². The zero-order valence-electron chi connectivity index (χ0n) is 11.1. The van der Waals surface area contributed by atoms with Gasteiger partial charge in [0, 0.05) is 12.1 Å². The fourth-order valence-electron chi connectivity index (χ4n) is 2.36. The van der Waals surface area contributed by atoms with Crippen molar-refractivity contribution in [3.05, 3.63) is 29.2 Å². The Morgan fingerprint density at radius 2 is 1.89 bits per heavy atom. The van der Waals surface area contributed by atoms with Gasteiger partial charge in [0.1, 0.15) is 19.0 Å². The smallest absolute Gasteiger partial charge is 0.162 e. The number of aromatic nitrogens is 2. The van der Waals surface area contributed by atoms with Crippen molar-refractivity contribution in [2.75, 3.05) is 13.2 Å². The topological polar surface area (TPSA) is 73.2 Å². The predicted molar refractivity (Wildman–Crippen MR) is 72.4 cm³/mol. The summed E-state index contributed by atoms with van der Waals surface area (Å²) in [5.41, 5.74) is 9.74. The first-order valence-electron chi connectivity index (χ1n) is 6.35. The number of imidazole rings is 1. The van der Waals surface area contributed by atoms with Gasteiger partial charge in [-0.25, -0.2) is 4.98 Å². The first-order valence-corrected chi connectivity index (χ1v) is 6.35. The third-order valence-electron chi connectivity index (χ3n) is 3.25. The molecule has 0 saturated carbocycles. The molecule has 0 saturated heterocycles. The average Bonchev–Trinajstić information content (AvgIpc) is 2.79. The van der Waals surface area contributed by atoms with Crippen LogP contribution in [-0.4, -0.2) is 23.2 Å². The molecule has 0 atom stereocenters.